The first-order valence-electron chi connectivity index (χ1n) is 6.90. The highest BCUT2D eigenvalue weighted by Crippen LogP contribution is 2.27. The Morgan fingerprint density at radius 1 is 1.37 bits per heavy atom. The van der Waals surface area contributed by atoms with Gasteiger partial charge in [0.25, 0.3) is 0 Å². The van der Waals surface area contributed by atoms with Gasteiger partial charge < -0.3 is 5.11 Å². The maximum absolute atomic E-state index is 10.0. The Morgan fingerprint density at radius 2 is 2.21 bits per heavy atom. The van der Waals surface area contributed by atoms with Crippen LogP contribution in [0.2, 0.25) is 0 Å². The smallest absolute Gasteiger partial charge is 0.111 e. The van der Waals surface area contributed by atoms with Crippen LogP contribution in [0.5, 0.6) is 0 Å². The van der Waals surface area contributed by atoms with Crippen molar-refractivity contribution >= 4 is 0 Å². The van der Waals surface area contributed by atoms with Gasteiger partial charge in [-0.1, -0.05) is 19.3 Å². The Kier molecular flexibility index (Phi) is 3.59. The van der Waals surface area contributed by atoms with Crippen LogP contribution in [0.25, 0.3) is 0 Å². The number of nitrogens with one attached hydrogen (secondary N) is 1. The van der Waals surface area contributed by atoms with Gasteiger partial charge in [-0.25, -0.2) is 0 Å². The number of aromatic nitrogens is 5. The highest BCUT2D eigenvalue weighted by molar-refractivity contribution is 5.06. The largest absolute Gasteiger partial charge is 0.386 e. The third-order valence-electron chi connectivity index (χ3n) is 3.79. The third-order valence-corrected chi connectivity index (χ3v) is 3.79. The summed E-state index contributed by atoms with van der Waals surface area (Å²) < 4.78 is 2.06. The summed E-state index contributed by atoms with van der Waals surface area (Å²) in [4.78, 5) is 0. The van der Waals surface area contributed by atoms with Gasteiger partial charge in [0.05, 0.1) is 17.9 Å². The predicted octanol–water partition coefficient (Wildman–Crippen LogP) is 1.78. The summed E-state index contributed by atoms with van der Waals surface area (Å²) >= 11 is 0. The van der Waals surface area contributed by atoms with Crippen LogP contribution in [0.4, 0.5) is 0 Å². The molecule has 0 radical (unpaired) electrons. The summed E-state index contributed by atoms with van der Waals surface area (Å²) in [6.45, 7) is 0. The van der Waals surface area contributed by atoms with Crippen LogP contribution in [0.3, 0.4) is 0 Å². The average molecular weight is 261 g/mol. The lowest BCUT2D eigenvalue weighted by molar-refractivity contribution is 0.171. The molecule has 2 N–H and O–H groups in total. The Labute approximate surface area is 111 Å². The average Bonchev–Trinajstić information content (AvgIpc) is 3.11. The van der Waals surface area contributed by atoms with Crippen LogP contribution >= 0.6 is 0 Å². The molecule has 1 saturated carbocycles. The topological polar surface area (TPSA) is 79.6 Å². The maximum Gasteiger partial charge on any atom is 0.111 e. The minimum atomic E-state index is -0.645. The van der Waals surface area contributed by atoms with Gasteiger partial charge >= 0.3 is 0 Å². The van der Waals surface area contributed by atoms with E-state index in [1.54, 1.807) is 6.20 Å². The summed E-state index contributed by atoms with van der Waals surface area (Å²) in [6, 6.07) is 2.52. The number of rotatable bonds is 4. The molecule has 1 aliphatic rings. The van der Waals surface area contributed by atoms with E-state index < -0.39 is 6.10 Å². The molecule has 102 valence electrons. The summed E-state index contributed by atoms with van der Waals surface area (Å²) in [5, 5.41) is 24.7. The van der Waals surface area contributed by atoms with Crippen molar-refractivity contribution in [2.45, 2.75) is 50.7 Å². The molecule has 0 bridgehead atoms. The molecule has 1 unspecified atom stereocenters. The van der Waals surface area contributed by atoms with Crippen LogP contribution in [-0.4, -0.2) is 30.3 Å². The summed E-state index contributed by atoms with van der Waals surface area (Å²) in [5.74, 6) is 0. The highest BCUT2D eigenvalue weighted by Gasteiger charge is 2.17. The first kappa shape index (κ1) is 12.3. The van der Waals surface area contributed by atoms with E-state index >= 15 is 0 Å². The minimum Gasteiger partial charge on any atom is -0.386 e. The van der Waals surface area contributed by atoms with Gasteiger partial charge in [0.1, 0.15) is 11.8 Å². The van der Waals surface area contributed by atoms with Crippen LogP contribution in [0.15, 0.2) is 18.5 Å². The Bertz CT molecular complexity index is 501. The van der Waals surface area contributed by atoms with Gasteiger partial charge in [-0.15, -0.1) is 0 Å². The summed E-state index contributed by atoms with van der Waals surface area (Å²) in [5.41, 5.74) is 1.47. The fourth-order valence-electron chi connectivity index (χ4n) is 2.71. The van der Waals surface area contributed by atoms with Crippen molar-refractivity contribution in [3.63, 3.8) is 0 Å². The van der Waals surface area contributed by atoms with Crippen molar-refractivity contribution in [1.82, 2.24) is 25.2 Å². The van der Waals surface area contributed by atoms with E-state index in [2.05, 4.69) is 25.2 Å². The van der Waals surface area contributed by atoms with Crippen molar-refractivity contribution in [2.75, 3.05) is 0 Å². The van der Waals surface area contributed by atoms with Crippen molar-refractivity contribution in [1.29, 1.82) is 0 Å². The molecular weight excluding hydrogens is 242 g/mol. The van der Waals surface area contributed by atoms with Crippen LogP contribution in [-0.2, 0) is 6.42 Å². The quantitative estimate of drug-likeness (QED) is 0.879. The van der Waals surface area contributed by atoms with Gasteiger partial charge in [0.2, 0.25) is 0 Å². The molecule has 19 heavy (non-hydrogen) atoms. The van der Waals surface area contributed by atoms with Gasteiger partial charge in [-0.2, -0.15) is 20.5 Å². The van der Waals surface area contributed by atoms with E-state index in [9.17, 15) is 5.11 Å². The standard InChI is InChI=1S/C13H19N5O/c19-13(12-9-14-17-15-12)8-10-6-7-18(16-10)11-4-2-1-3-5-11/h6-7,9,11,13,19H,1-5,8H2,(H,14,15,17). The first-order valence-corrected chi connectivity index (χ1v) is 6.90. The van der Waals surface area contributed by atoms with Gasteiger partial charge in [0.15, 0.2) is 0 Å². The lowest BCUT2D eigenvalue weighted by Crippen LogP contribution is -2.13. The highest BCUT2D eigenvalue weighted by atomic mass is 16.3. The third kappa shape index (κ3) is 2.84. The first-order chi connectivity index (χ1) is 9.33. The van der Waals surface area contributed by atoms with Crippen LogP contribution in [0.1, 0.15) is 55.6 Å². The zero-order valence-corrected chi connectivity index (χ0v) is 10.9. The molecule has 1 aliphatic carbocycles. The van der Waals surface area contributed by atoms with E-state index in [4.69, 9.17) is 0 Å². The molecule has 0 aromatic carbocycles. The molecule has 0 amide bonds. The predicted molar refractivity (Wildman–Crippen MR) is 69.4 cm³/mol. The molecule has 0 aliphatic heterocycles. The van der Waals surface area contributed by atoms with E-state index in [-0.39, 0.29) is 0 Å². The van der Waals surface area contributed by atoms with Gasteiger partial charge in [0, 0.05) is 12.6 Å². The number of hydrogen-bond acceptors (Lipinski definition) is 4. The normalized spacial score (nSPS) is 18.6. The molecule has 2 heterocycles. The summed E-state index contributed by atoms with van der Waals surface area (Å²) in [7, 11) is 0. The molecular formula is C13H19N5O. The second-order valence-corrected chi connectivity index (χ2v) is 5.19. The van der Waals surface area contributed by atoms with Crippen LogP contribution < -0.4 is 0 Å². The van der Waals surface area contributed by atoms with Crippen molar-refractivity contribution in [3.05, 3.63) is 29.8 Å². The van der Waals surface area contributed by atoms with Gasteiger partial charge in [-0.05, 0) is 18.9 Å². The molecule has 1 atom stereocenters. The lowest BCUT2D eigenvalue weighted by atomic mass is 9.96. The fourth-order valence-corrected chi connectivity index (χ4v) is 2.71. The fraction of sp³-hybridized carbons (Fsp3) is 0.615. The monoisotopic (exact) mass is 261 g/mol. The molecule has 6 nitrogen and oxygen atoms in total. The van der Waals surface area contributed by atoms with Gasteiger partial charge in [-0.3, -0.25) is 4.68 Å². The van der Waals surface area contributed by atoms with E-state index in [0.717, 1.165) is 5.69 Å². The summed E-state index contributed by atoms with van der Waals surface area (Å²) in [6.07, 6.45) is 9.77. The second kappa shape index (κ2) is 5.52. The number of nitrogens with zero attached hydrogens (tertiary/aromatic N) is 4. The van der Waals surface area contributed by atoms with Crippen LogP contribution in [0, 0.1) is 0 Å². The van der Waals surface area contributed by atoms with Crippen molar-refractivity contribution in [2.24, 2.45) is 0 Å². The molecule has 2 aromatic rings. The number of hydrogen-bond donors (Lipinski definition) is 2. The van der Waals surface area contributed by atoms with Crippen molar-refractivity contribution in [3.8, 4) is 0 Å². The van der Waals surface area contributed by atoms with E-state index in [1.807, 2.05) is 12.3 Å². The minimum absolute atomic E-state index is 0.478. The van der Waals surface area contributed by atoms with E-state index in [1.165, 1.54) is 32.1 Å². The Morgan fingerprint density at radius 3 is 2.95 bits per heavy atom. The van der Waals surface area contributed by atoms with Crippen molar-refractivity contribution < 1.29 is 5.11 Å². The Hall–Kier alpha value is -1.69. The number of aliphatic hydroxyl groups is 1. The molecule has 0 saturated heterocycles. The molecule has 1 fully saturated rings. The van der Waals surface area contributed by atoms with E-state index in [0.29, 0.717) is 18.2 Å². The number of H-pyrrole nitrogens is 1. The Balaban J connectivity index is 1.64. The zero-order valence-electron chi connectivity index (χ0n) is 10.9. The molecule has 2 aromatic heterocycles. The zero-order chi connectivity index (χ0) is 13.1. The molecule has 0 spiro atoms. The molecule has 3 rings (SSSR count). The molecule has 6 heteroatoms. The maximum atomic E-state index is 10.0. The SMILES string of the molecule is OC(Cc1ccn(C2CCCCC2)n1)c1cn[nH]n1. The number of aliphatic hydroxyl groups excluding tert-OH is 1. The lowest BCUT2D eigenvalue weighted by Gasteiger charge is -2.21. The number of aromatic amines is 1. The second-order valence-electron chi connectivity index (χ2n) is 5.19.